The summed E-state index contributed by atoms with van der Waals surface area (Å²) in [6, 6.07) is 12.7. The molecule has 6 nitrogen and oxygen atoms in total. The molecule has 0 spiro atoms. The van der Waals surface area contributed by atoms with Crippen molar-refractivity contribution in [1.82, 2.24) is 5.32 Å². The van der Waals surface area contributed by atoms with Crippen LogP contribution in [0.3, 0.4) is 0 Å². The molecule has 1 N–H and O–H groups in total. The van der Waals surface area contributed by atoms with Gasteiger partial charge in [-0.05, 0) is 54.2 Å². The second-order valence-corrected chi connectivity index (χ2v) is 6.32. The van der Waals surface area contributed by atoms with Gasteiger partial charge in [0.15, 0.2) is 5.17 Å². The summed E-state index contributed by atoms with van der Waals surface area (Å²) < 4.78 is 15.7. The minimum atomic E-state index is -0.194. The van der Waals surface area contributed by atoms with Gasteiger partial charge in [-0.3, -0.25) is 4.79 Å². The van der Waals surface area contributed by atoms with E-state index in [1.165, 1.54) is 11.8 Å². The van der Waals surface area contributed by atoms with Gasteiger partial charge in [0.2, 0.25) is 0 Å². The Labute approximate surface area is 155 Å². The van der Waals surface area contributed by atoms with Gasteiger partial charge in [0.05, 0.1) is 31.9 Å². The third-order valence-corrected chi connectivity index (χ3v) is 4.59. The lowest BCUT2D eigenvalue weighted by Gasteiger charge is -2.07. The highest BCUT2D eigenvalue weighted by atomic mass is 32.2. The molecule has 0 saturated carbocycles. The third kappa shape index (κ3) is 4.00. The minimum Gasteiger partial charge on any atom is -0.497 e. The van der Waals surface area contributed by atoms with E-state index in [1.807, 2.05) is 36.4 Å². The summed E-state index contributed by atoms with van der Waals surface area (Å²) in [7, 11) is 4.78. The Kier molecular flexibility index (Phi) is 5.48. The van der Waals surface area contributed by atoms with Gasteiger partial charge >= 0.3 is 0 Å². The molecule has 3 rings (SSSR count). The normalized spacial score (nSPS) is 16.7. The van der Waals surface area contributed by atoms with Gasteiger partial charge in [0.25, 0.3) is 5.91 Å². The van der Waals surface area contributed by atoms with Gasteiger partial charge in [-0.15, -0.1) is 0 Å². The molecular weight excluding hydrogens is 352 g/mol. The van der Waals surface area contributed by atoms with Crippen LogP contribution in [-0.2, 0) is 4.79 Å². The molecule has 2 aromatic carbocycles. The van der Waals surface area contributed by atoms with E-state index in [0.717, 1.165) is 17.0 Å². The van der Waals surface area contributed by atoms with Crippen molar-refractivity contribution < 1.29 is 19.0 Å². The van der Waals surface area contributed by atoms with E-state index in [-0.39, 0.29) is 5.91 Å². The first-order valence-corrected chi connectivity index (χ1v) is 8.60. The van der Waals surface area contributed by atoms with Crippen LogP contribution in [0.2, 0.25) is 0 Å². The number of rotatable bonds is 5. The fourth-order valence-corrected chi connectivity index (χ4v) is 3.17. The number of carbonyl (C=O) groups is 1. The summed E-state index contributed by atoms with van der Waals surface area (Å²) >= 11 is 1.28. The highest BCUT2D eigenvalue weighted by Gasteiger charge is 2.24. The van der Waals surface area contributed by atoms with Crippen molar-refractivity contribution in [2.24, 2.45) is 4.99 Å². The maximum Gasteiger partial charge on any atom is 0.264 e. The van der Waals surface area contributed by atoms with Crippen LogP contribution in [0.15, 0.2) is 52.4 Å². The lowest BCUT2D eigenvalue weighted by Crippen LogP contribution is -2.19. The van der Waals surface area contributed by atoms with Crippen molar-refractivity contribution >= 4 is 34.6 Å². The summed E-state index contributed by atoms with van der Waals surface area (Å²) in [4.78, 5) is 17.2. The zero-order chi connectivity index (χ0) is 18.5. The Morgan fingerprint density at radius 2 is 1.65 bits per heavy atom. The van der Waals surface area contributed by atoms with Crippen molar-refractivity contribution in [3.8, 4) is 17.2 Å². The Hall–Kier alpha value is -2.93. The molecule has 1 saturated heterocycles. The van der Waals surface area contributed by atoms with Gasteiger partial charge in [-0.2, -0.15) is 0 Å². The number of ether oxygens (including phenoxy) is 3. The summed E-state index contributed by atoms with van der Waals surface area (Å²) in [6.45, 7) is 0. The molecule has 0 aromatic heterocycles. The van der Waals surface area contributed by atoms with Crippen molar-refractivity contribution in [2.45, 2.75) is 0 Å². The maximum atomic E-state index is 12.2. The number of thioether (sulfide) groups is 1. The van der Waals surface area contributed by atoms with Crippen LogP contribution in [0, 0.1) is 0 Å². The van der Waals surface area contributed by atoms with Crippen LogP contribution in [0.4, 0.5) is 5.69 Å². The van der Waals surface area contributed by atoms with Crippen LogP contribution in [0.25, 0.3) is 6.08 Å². The Morgan fingerprint density at radius 1 is 0.962 bits per heavy atom. The van der Waals surface area contributed by atoms with E-state index >= 15 is 0 Å². The number of amides is 1. The SMILES string of the molecule is COc1ccc(N=C2NC(=O)C(=Cc3ccc(OC)cc3OC)S2)cc1. The number of nitrogens with one attached hydrogen (secondary N) is 1. The summed E-state index contributed by atoms with van der Waals surface area (Å²) in [5.41, 5.74) is 1.52. The first-order valence-electron chi connectivity index (χ1n) is 7.78. The second-order valence-electron chi connectivity index (χ2n) is 5.29. The van der Waals surface area contributed by atoms with Crippen molar-refractivity contribution in [3.63, 3.8) is 0 Å². The van der Waals surface area contributed by atoms with Gasteiger partial charge < -0.3 is 19.5 Å². The number of hydrogen-bond donors (Lipinski definition) is 1. The number of methoxy groups -OCH3 is 3. The minimum absolute atomic E-state index is 0.194. The zero-order valence-electron chi connectivity index (χ0n) is 14.6. The first-order chi connectivity index (χ1) is 12.6. The van der Waals surface area contributed by atoms with Crippen molar-refractivity contribution in [1.29, 1.82) is 0 Å². The van der Waals surface area contributed by atoms with Crippen LogP contribution in [-0.4, -0.2) is 32.4 Å². The smallest absolute Gasteiger partial charge is 0.264 e. The van der Waals surface area contributed by atoms with Crippen LogP contribution < -0.4 is 19.5 Å². The average Bonchev–Trinajstić information content (AvgIpc) is 3.01. The summed E-state index contributed by atoms with van der Waals surface area (Å²) in [6.07, 6.45) is 1.77. The number of amidine groups is 1. The number of hydrogen-bond acceptors (Lipinski definition) is 6. The van der Waals surface area contributed by atoms with E-state index in [4.69, 9.17) is 14.2 Å². The highest BCUT2D eigenvalue weighted by molar-refractivity contribution is 8.18. The Bertz CT molecular complexity index is 876. The third-order valence-electron chi connectivity index (χ3n) is 3.68. The van der Waals surface area contributed by atoms with Crippen LogP contribution in [0.1, 0.15) is 5.56 Å². The molecule has 0 unspecified atom stereocenters. The molecule has 26 heavy (non-hydrogen) atoms. The fourth-order valence-electron chi connectivity index (χ4n) is 2.33. The molecule has 1 aliphatic heterocycles. The summed E-state index contributed by atoms with van der Waals surface area (Å²) in [5, 5.41) is 3.30. The quantitative estimate of drug-likeness (QED) is 0.815. The molecule has 134 valence electrons. The molecule has 7 heteroatoms. The molecule has 0 bridgehead atoms. The zero-order valence-corrected chi connectivity index (χ0v) is 15.4. The predicted molar refractivity (Wildman–Crippen MR) is 103 cm³/mol. The van der Waals surface area contributed by atoms with E-state index in [1.54, 1.807) is 33.5 Å². The van der Waals surface area contributed by atoms with E-state index in [2.05, 4.69) is 10.3 Å². The van der Waals surface area contributed by atoms with E-state index < -0.39 is 0 Å². The molecule has 2 aromatic rings. The first kappa shape index (κ1) is 17.9. The fraction of sp³-hybridized carbons (Fsp3) is 0.158. The van der Waals surface area contributed by atoms with Crippen molar-refractivity contribution in [2.75, 3.05) is 21.3 Å². The van der Waals surface area contributed by atoms with E-state index in [0.29, 0.717) is 21.6 Å². The molecule has 0 aliphatic carbocycles. The molecule has 0 atom stereocenters. The van der Waals surface area contributed by atoms with Crippen LogP contribution >= 0.6 is 11.8 Å². The standard InChI is InChI=1S/C19H18N2O4S/c1-23-14-8-5-13(6-9-14)20-19-21-18(22)17(26-19)10-12-4-7-15(24-2)11-16(12)25-3/h4-11H,1-3H3,(H,20,21,22). The van der Waals surface area contributed by atoms with Gasteiger partial charge in [0, 0.05) is 11.6 Å². The molecule has 1 amide bonds. The number of benzene rings is 2. The van der Waals surface area contributed by atoms with E-state index in [9.17, 15) is 4.79 Å². The molecular formula is C19H18N2O4S. The van der Waals surface area contributed by atoms with Gasteiger partial charge in [-0.1, -0.05) is 0 Å². The van der Waals surface area contributed by atoms with Crippen molar-refractivity contribution in [3.05, 3.63) is 52.9 Å². The molecule has 0 radical (unpaired) electrons. The highest BCUT2D eigenvalue weighted by Crippen LogP contribution is 2.32. The molecule has 1 heterocycles. The second kappa shape index (κ2) is 7.97. The largest absolute Gasteiger partial charge is 0.497 e. The van der Waals surface area contributed by atoms with Gasteiger partial charge in [-0.25, -0.2) is 4.99 Å². The maximum absolute atomic E-state index is 12.2. The Balaban J connectivity index is 1.83. The lowest BCUT2D eigenvalue weighted by molar-refractivity contribution is -0.115. The lowest BCUT2D eigenvalue weighted by atomic mass is 10.1. The number of aliphatic imine (C=N–C) groups is 1. The average molecular weight is 370 g/mol. The Morgan fingerprint density at radius 3 is 2.31 bits per heavy atom. The van der Waals surface area contributed by atoms with Crippen LogP contribution in [0.5, 0.6) is 17.2 Å². The summed E-state index contributed by atoms with van der Waals surface area (Å²) in [5.74, 6) is 1.88. The molecule has 1 aliphatic rings. The number of carbonyl (C=O) groups excluding carboxylic acids is 1. The molecule has 1 fully saturated rings. The predicted octanol–water partition coefficient (Wildman–Crippen LogP) is 3.60. The monoisotopic (exact) mass is 370 g/mol. The topological polar surface area (TPSA) is 69.2 Å². The number of nitrogens with zero attached hydrogens (tertiary/aromatic N) is 1. The van der Waals surface area contributed by atoms with Gasteiger partial charge in [0.1, 0.15) is 17.2 Å².